The monoisotopic (exact) mass is 422 g/mol. The third-order valence-corrected chi connectivity index (χ3v) is 5.10. The summed E-state index contributed by atoms with van der Waals surface area (Å²) in [5.41, 5.74) is 4.24. The van der Waals surface area contributed by atoms with E-state index in [0.717, 1.165) is 16.9 Å². The van der Waals surface area contributed by atoms with E-state index in [0.29, 0.717) is 22.4 Å². The highest BCUT2D eigenvalue weighted by Crippen LogP contribution is 2.26. The van der Waals surface area contributed by atoms with Crippen LogP contribution in [0.3, 0.4) is 0 Å². The molecule has 3 aromatic heterocycles. The van der Waals surface area contributed by atoms with Crippen molar-refractivity contribution in [3.05, 3.63) is 95.8 Å². The minimum absolute atomic E-state index is 0.0880. The maximum atomic E-state index is 13.0. The van der Waals surface area contributed by atoms with Crippen LogP contribution in [-0.2, 0) is 6.61 Å². The van der Waals surface area contributed by atoms with Gasteiger partial charge in [-0.05, 0) is 42.8 Å². The fraction of sp³-hybridized carbons (Fsp3) is 0.120. The van der Waals surface area contributed by atoms with Crippen molar-refractivity contribution < 1.29 is 13.9 Å². The Hall–Kier alpha value is -4.44. The van der Waals surface area contributed by atoms with E-state index in [1.165, 1.54) is 0 Å². The Morgan fingerprint density at radius 2 is 2.00 bits per heavy atom. The maximum Gasteiger partial charge on any atom is 0.220 e. The Labute approximate surface area is 183 Å². The average molecular weight is 422 g/mol. The number of benzene rings is 2. The molecule has 0 fully saturated rings. The molecular weight excluding hydrogens is 404 g/mol. The molecule has 32 heavy (non-hydrogen) atoms. The van der Waals surface area contributed by atoms with E-state index >= 15 is 0 Å². The van der Waals surface area contributed by atoms with Crippen molar-refractivity contribution in [1.29, 1.82) is 5.26 Å². The van der Waals surface area contributed by atoms with Gasteiger partial charge in [0.25, 0.3) is 0 Å². The first-order valence-corrected chi connectivity index (χ1v) is 10.1. The van der Waals surface area contributed by atoms with Crippen LogP contribution in [0.25, 0.3) is 16.7 Å². The topological polar surface area (TPSA) is 93.4 Å². The van der Waals surface area contributed by atoms with E-state index in [9.17, 15) is 10.1 Å². The fourth-order valence-electron chi connectivity index (χ4n) is 3.53. The van der Waals surface area contributed by atoms with Crippen molar-refractivity contribution in [3.63, 3.8) is 0 Å². The van der Waals surface area contributed by atoms with Crippen LogP contribution < -0.4 is 4.74 Å². The first-order chi connectivity index (χ1) is 15.6. The summed E-state index contributed by atoms with van der Waals surface area (Å²) in [6.45, 7) is 2.28. The van der Waals surface area contributed by atoms with Crippen LogP contribution in [0.2, 0.25) is 0 Å². The Kier molecular flexibility index (Phi) is 4.88. The minimum Gasteiger partial charge on any atom is -0.487 e. The molecule has 7 nitrogen and oxygen atoms in total. The zero-order chi connectivity index (χ0) is 22.1. The summed E-state index contributed by atoms with van der Waals surface area (Å²) in [6.07, 6.45) is 3.91. The molecule has 3 heterocycles. The summed E-state index contributed by atoms with van der Waals surface area (Å²) >= 11 is 0. The number of pyridine rings is 1. The standard InChI is InChI=1S/C25H18N4O3/c1-16-9-10-23-27-18(14-29(23)13-16)15-31-19-6-4-5-17(11-19)24(30)20(12-26)25-28-21-7-2-3-8-22(21)32-25/h2-11,13-14,20H,15H2,1H3. The number of fused-ring (bicyclic) bond motifs is 2. The summed E-state index contributed by atoms with van der Waals surface area (Å²) in [4.78, 5) is 21.9. The predicted molar refractivity (Wildman–Crippen MR) is 117 cm³/mol. The number of imidazole rings is 1. The number of aryl methyl sites for hydroxylation is 1. The molecule has 0 amide bonds. The normalized spacial score (nSPS) is 12.0. The number of nitrogens with zero attached hydrogens (tertiary/aromatic N) is 4. The molecule has 0 N–H and O–H groups in total. The zero-order valence-electron chi connectivity index (χ0n) is 17.2. The van der Waals surface area contributed by atoms with Gasteiger partial charge in [0.15, 0.2) is 17.3 Å². The second-order valence-corrected chi connectivity index (χ2v) is 7.47. The lowest BCUT2D eigenvalue weighted by Crippen LogP contribution is -2.11. The fourth-order valence-corrected chi connectivity index (χ4v) is 3.53. The molecule has 0 aliphatic rings. The van der Waals surface area contributed by atoms with Crippen LogP contribution in [0.4, 0.5) is 0 Å². The van der Waals surface area contributed by atoms with Crippen molar-refractivity contribution in [1.82, 2.24) is 14.4 Å². The van der Waals surface area contributed by atoms with Gasteiger partial charge in [-0.15, -0.1) is 0 Å². The van der Waals surface area contributed by atoms with Crippen LogP contribution in [0.5, 0.6) is 5.75 Å². The van der Waals surface area contributed by atoms with Crippen LogP contribution in [-0.4, -0.2) is 20.2 Å². The number of carbonyl (C=O) groups is 1. The second kappa shape index (κ2) is 8.00. The minimum atomic E-state index is -1.14. The Morgan fingerprint density at radius 3 is 2.84 bits per heavy atom. The van der Waals surface area contributed by atoms with Crippen molar-refractivity contribution in [2.45, 2.75) is 19.4 Å². The Balaban J connectivity index is 1.35. The molecule has 1 unspecified atom stereocenters. The van der Waals surface area contributed by atoms with Crippen molar-refractivity contribution >= 4 is 22.5 Å². The number of aromatic nitrogens is 3. The molecule has 0 aliphatic carbocycles. The van der Waals surface area contributed by atoms with Gasteiger partial charge in [0.1, 0.15) is 23.5 Å². The van der Waals surface area contributed by atoms with Crippen LogP contribution in [0, 0.1) is 18.3 Å². The highest BCUT2D eigenvalue weighted by molar-refractivity contribution is 6.02. The quantitative estimate of drug-likeness (QED) is 0.363. The molecule has 1 atom stereocenters. The van der Waals surface area contributed by atoms with Gasteiger partial charge in [-0.25, -0.2) is 9.97 Å². The maximum absolute atomic E-state index is 13.0. The Bertz CT molecular complexity index is 1460. The zero-order valence-corrected chi connectivity index (χ0v) is 17.2. The van der Waals surface area contributed by atoms with E-state index < -0.39 is 11.7 Å². The van der Waals surface area contributed by atoms with Gasteiger partial charge in [0, 0.05) is 18.0 Å². The molecule has 0 spiro atoms. The predicted octanol–water partition coefficient (Wildman–Crippen LogP) is 4.85. The number of Topliss-reactive ketones (excluding diaryl/α,β-unsaturated/α-hetero) is 1. The molecule has 0 saturated heterocycles. The van der Waals surface area contributed by atoms with Crippen molar-refractivity contribution in [3.8, 4) is 11.8 Å². The number of rotatable bonds is 6. The SMILES string of the molecule is Cc1ccc2nc(COc3cccc(C(=O)C(C#N)c4nc5ccccc5o4)c3)cn2c1. The average Bonchev–Trinajstić information content (AvgIpc) is 3.41. The molecule has 5 aromatic rings. The molecule has 156 valence electrons. The molecule has 0 bridgehead atoms. The van der Waals surface area contributed by atoms with Crippen molar-refractivity contribution in [2.24, 2.45) is 0 Å². The smallest absolute Gasteiger partial charge is 0.220 e. The van der Waals surface area contributed by atoms with Crippen LogP contribution >= 0.6 is 0 Å². The van der Waals surface area contributed by atoms with Gasteiger partial charge in [0.05, 0.1) is 11.8 Å². The highest BCUT2D eigenvalue weighted by Gasteiger charge is 2.27. The third kappa shape index (κ3) is 3.70. The molecule has 0 aliphatic heterocycles. The lowest BCUT2D eigenvalue weighted by atomic mass is 9.98. The third-order valence-electron chi connectivity index (χ3n) is 5.10. The summed E-state index contributed by atoms with van der Waals surface area (Å²) in [6, 6.07) is 19.9. The molecule has 0 radical (unpaired) electrons. The summed E-state index contributed by atoms with van der Waals surface area (Å²) in [5.74, 6) is -0.935. The number of oxazole rings is 1. The van der Waals surface area contributed by atoms with E-state index in [1.807, 2.05) is 54.1 Å². The molecule has 0 saturated carbocycles. The number of nitriles is 1. The van der Waals surface area contributed by atoms with E-state index in [-0.39, 0.29) is 12.5 Å². The van der Waals surface area contributed by atoms with Gasteiger partial charge in [-0.1, -0.05) is 30.3 Å². The molecule has 2 aromatic carbocycles. The van der Waals surface area contributed by atoms with Crippen LogP contribution in [0.15, 0.2) is 77.5 Å². The van der Waals surface area contributed by atoms with Crippen molar-refractivity contribution in [2.75, 3.05) is 0 Å². The number of carbonyl (C=O) groups excluding carboxylic acids is 1. The number of hydrogen-bond acceptors (Lipinski definition) is 6. The summed E-state index contributed by atoms with van der Waals surface area (Å²) < 4.78 is 13.5. The van der Waals surface area contributed by atoms with Gasteiger partial charge < -0.3 is 13.6 Å². The van der Waals surface area contributed by atoms with E-state index in [1.54, 1.807) is 36.4 Å². The number of ketones is 1. The van der Waals surface area contributed by atoms with Gasteiger partial charge >= 0.3 is 0 Å². The Morgan fingerprint density at radius 1 is 1.12 bits per heavy atom. The summed E-state index contributed by atoms with van der Waals surface area (Å²) in [5, 5.41) is 9.63. The largest absolute Gasteiger partial charge is 0.487 e. The first-order valence-electron chi connectivity index (χ1n) is 10.1. The summed E-state index contributed by atoms with van der Waals surface area (Å²) in [7, 11) is 0. The van der Waals surface area contributed by atoms with Gasteiger partial charge in [-0.2, -0.15) is 5.26 Å². The first kappa shape index (κ1) is 19.5. The number of para-hydroxylation sites is 2. The molecule has 5 rings (SSSR count). The highest BCUT2D eigenvalue weighted by atomic mass is 16.5. The molecular formula is C25H18N4O3. The lowest BCUT2D eigenvalue weighted by Gasteiger charge is -2.08. The van der Waals surface area contributed by atoms with Crippen LogP contribution in [0.1, 0.15) is 33.4 Å². The molecule has 7 heteroatoms. The van der Waals surface area contributed by atoms with E-state index in [4.69, 9.17) is 9.15 Å². The van der Waals surface area contributed by atoms with E-state index in [2.05, 4.69) is 9.97 Å². The van der Waals surface area contributed by atoms with Gasteiger partial charge in [0.2, 0.25) is 5.89 Å². The second-order valence-electron chi connectivity index (χ2n) is 7.47. The van der Waals surface area contributed by atoms with Gasteiger partial charge in [-0.3, -0.25) is 4.79 Å². The number of ether oxygens (including phenoxy) is 1. The number of hydrogen-bond donors (Lipinski definition) is 0. The lowest BCUT2D eigenvalue weighted by molar-refractivity contribution is 0.0969.